The Hall–Kier alpha value is -2.75. The smallest absolute Gasteiger partial charge is 0.508 e. The van der Waals surface area contributed by atoms with Crippen molar-refractivity contribution in [2.45, 2.75) is 0 Å². The molecule has 4 nitrogen and oxygen atoms in total. The number of hydrogen-bond acceptors (Lipinski definition) is 4. The summed E-state index contributed by atoms with van der Waals surface area (Å²) in [5.74, 6) is -0.0511. The molecule has 0 aliphatic heterocycles. The van der Waals surface area contributed by atoms with Crippen molar-refractivity contribution in [2.75, 3.05) is 0 Å². The molecule has 0 atom stereocenters. The summed E-state index contributed by atoms with van der Waals surface area (Å²) in [6.45, 7) is 0. The maximum absolute atomic E-state index is 12.0. The van der Waals surface area contributed by atoms with Crippen molar-refractivity contribution in [3.8, 4) is 22.8 Å². The molecule has 0 saturated heterocycles. The first-order valence-corrected chi connectivity index (χ1v) is 5.70. The second-order valence-electron chi connectivity index (χ2n) is 4.18. The summed E-state index contributed by atoms with van der Waals surface area (Å²) < 4.78 is 5.57. The molecule has 0 unspecified atom stereocenters. The largest absolute Gasteiger partial charge is 1.00 e. The van der Waals surface area contributed by atoms with Gasteiger partial charge >= 0.3 is 1.43 Å². The van der Waals surface area contributed by atoms with Crippen molar-refractivity contribution in [2.24, 2.45) is 0 Å². The molecule has 0 aliphatic rings. The number of aromatic hydroxyl groups is 2. The number of phenolic OH excluding ortho intramolecular Hbond substituents is 2. The molecule has 2 aromatic carbocycles. The molecular formula is C15H11O4+. The van der Waals surface area contributed by atoms with Crippen LogP contribution < -0.4 is 5.43 Å². The first-order valence-electron chi connectivity index (χ1n) is 5.70. The van der Waals surface area contributed by atoms with Gasteiger partial charge in [0.05, 0.1) is 0 Å². The summed E-state index contributed by atoms with van der Waals surface area (Å²) in [5, 5.41) is 19.2. The zero-order valence-electron chi connectivity index (χ0n) is 10.8. The molecule has 0 bridgehead atoms. The van der Waals surface area contributed by atoms with Gasteiger partial charge in [-0.05, 0) is 0 Å². The fourth-order valence-corrected chi connectivity index (χ4v) is 2.00. The quantitative estimate of drug-likeness (QED) is 0.701. The highest BCUT2D eigenvalue weighted by atomic mass is 16.3. The van der Waals surface area contributed by atoms with Gasteiger partial charge in [-0.15, -0.1) is 0 Å². The van der Waals surface area contributed by atoms with E-state index in [2.05, 4.69) is 0 Å². The molecule has 0 aliphatic carbocycles. The van der Waals surface area contributed by atoms with Crippen LogP contribution in [0.2, 0.25) is 0 Å². The predicted octanol–water partition coefficient (Wildman–Crippen LogP) is 2.98. The van der Waals surface area contributed by atoms with Gasteiger partial charge in [0.2, 0.25) is 0 Å². The first kappa shape index (κ1) is 11.3. The predicted molar refractivity (Wildman–Crippen MR) is 72.4 cm³/mol. The van der Waals surface area contributed by atoms with Gasteiger partial charge in [0, 0.05) is 23.8 Å². The summed E-state index contributed by atoms with van der Waals surface area (Å²) in [6.07, 6.45) is 0. The van der Waals surface area contributed by atoms with Gasteiger partial charge in [-0.3, -0.25) is 4.79 Å². The lowest BCUT2D eigenvalue weighted by molar-refractivity contribution is 0.452. The molecule has 0 radical (unpaired) electrons. The van der Waals surface area contributed by atoms with Crippen LogP contribution in [0.15, 0.2) is 57.7 Å². The maximum atomic E-state index is 12.0. The molecule has 1 aromatic heterocycles. The van der Waals surface area contributed by atoms with Crippen LogP contribution in [0.3, 0.4) is 0 Å². The Balaban J connectivity index is 0.00000147. The Labute approximate surface area is 109 Å². The monoisotopic (exact) mass is 255 g/mol. The number of benzene rings is 2. The summed E-state index contributed by atoms with van der Waals surface area (Å²) in [7, 11) is 0. The minimum atomic E-state index is -0.349. The maximum Gasteiger partial charge on any atom is 1.00 e. The number of fused-ring (bicyclic) bond motifs is 1. The lowest BCUT2D eigenvalue weighted by atomic mass is 10.1. The number of rotatable bonds is 1. The van der Waals surface area contributed by atoms with Gasteiger partial charge in [0.1, 0.15) is 28.2 Å². The average molecular weight is 255 g/mol. The van der Waals surface area contributed by atoms with Crippen molar-refractivity contribution in [1.82, 2.24) is 0 Å². The van der Waals surface area contributed by atoms with Crippen LogP contribution in [0.4, 0.5) is 0 Å². The molecule has 3 aromatic rings. The van der Waals surface area contributed by atoms with Crippen molar-refractivity contribution in [3.63, 3.8) is 0 Å². The lowest BCUT2D eigenvalue weighted by Crippen LogP contribution is -2.00. The van der Waals surface area contributed by atoms with E-state index in [1.165, 1.54) is 12.1 Å². The second-order valence-corrected chi connectivity index (χ2v) is 4.18. The third-order valence-electron chi connectivity index (χ3n) is 2.85. The molecule has 0 saturated carbocycles. The van der Waals surface area contributed by atoms with Gasteiger partial charge in [-0.1, -0.05) is 30.3 Å². The van der Waals surface area contributed by atoms with E-state index < -0.39 is 0 Å². The van der Waals surface area contributed by atoms with Gasteiger partial charge < -0.3 is 14.6 Å². The second kappa shape index (κ2) is 4.17. The van der Waals surface area contributed by atoms with Gasteiger partial charge in [-0.2, -0.15) is 0 Å². The van der Waals surface area contributed by atoms with Crippen molar-refractivity contribution in [1.29, 1.82) is 0 Å². The molecule has 4 heteroatoms. The van der Waals surface area contributed by atoms with Crippen LogP contribution in [0.25, 0.3) is 22.3 Å². The van der Waals surface area contributed by atoms with Crippen molar-refractivity contribution < 1.29 is 16.1 Å². The van der Waals surface area contributed by atoms with Crippen LogP contribution in [0, 0.1) is 0 Å². The van der Waals surface area contributed by atoms with Crippen LogP contribution >= 0.6 is 0 Å². The molecule has 0 amide bonds. The van der Waals surface area contributed by atoms with E-state index in [4.69, 9.17) is 4.42 Å². The first-order chi connectivity index (χ1) is 9.15. The zero-order chi connectivity index (χ0) is 13.4. The number of phenols is 2. The summed E-state index contributed by atoms with van der Waals surface area (Å²) in [6, 6.07) is 12.9. The molecular weight excluding hydrogens is 244 g/mol. The molecule has 0 fully saturated rings. The number of hydrogen-bond donors (Lipinski definition) is 2. The Morgan fingerprint density at radius 2 is 1.74 bits per heavy atom. The van der Waals surface area contributed by atoms with Gasteiger partial charge in [-0.25, -0.2) is 0 Å². The Morgan fingerprint density at radius 1 is 1.00 bits per heavy atom. The molecule has 0 spiro atoms. The van der Waals surface area contributed by atoms with E-state index in [0.29, 0.717) is 5.76 Å². The Kier molecular flexibility index (Phi) is 2.49. The van der Waals surface area contributed by atoms with E-state index in [0.717, 1.165) is 11.6 Å². The Bertz CT molecular complexity index is 809. The average Bonchev–Trinajstić information content (AvgIpc) is 2.38. The normalized spacial score (nSPS) is 10.7. The standard InChI is InChI=1S/C15H10O4/c16-10-6-11(17)15-12(18)8-13(19-14(15)7-10)9-4-2-1-3-5-9/h1-8,16-17H/p+1. The van der Waals surface area contributed by atoms with E-state index in [9.17, 15) is 15.0 Å². The molecule has 19 heavy (non-hydrogen) atoms. The van der Waals surface area contributed by atoms with Crippen LogP contribution in [0.5, 0.6) is 11.5 Å². The zero-order valence-corrected chi connectivity index (χ0v) is 9.83. The van der Waals surface area contributed by atoms with E-state index in [1.807, 2.05) is 30.3 Å². The third kappa shape index (κ3) is 1.93. The highest BCUT2D eigenvalue weighted by Crippen LogP contribution is 2.30. The lowest BCUT2D eigenvalue weighted by Gasteiger charge is -2.04. The van der Waals surface area contributed by atoms with Crippen LogP contribution in [-0.2, 0) is 0 Å². The van der Waals surface area contributed by atoms with Gasteiger partial charge in [0.25, 0.3) is 0 Å². The van der Waals surface area contributed by atoms with E-state index >= 15 is 0 Å². The fraction of sp³-hybridized carbons (Fsp3) is 0. The van der Waals surface area contributed by atoms with E-state index in [1.54, 1.807) is 0 Å². The molecule has 3 rings (SSSR count). The summed E-state index contributed by atoms with van der Waals surface area (Å²) in [4.78, 5) is 12.0. The summed E-state index contributed by atoms with van der Waals surface area (Å²) >= 11 is 0. The minimum absolute atomic E-state index is 0. The topological polar surface area (TPSA) is 70.7 Å². The molecule has 94 valence electrons. The SMILES string of the molecule is O=c1cc(-c2ccccc2)oc2cc(O)cc(O)c12.[H+]. The fourth-order valence-electron chi connectivity index (χ4n) is 2.00. The van der Waals surface area contributed by atoms with Crippen LogP contribution in [-0.4, -0.2) is 10.2 Å². The summed E-state index contributed by atoms with van der Waals surface area (Å²) in [5.41, 5.74) is 0.561. The highest BCUT2D eigenvalue weighted by Gasteiger charge is 2.11. The van der Waals surface area contributed by atoms with Gasteiger partial charge in [0.15, 0.2) is 5.43 Å². The molecule has 2 N–H and O–H groups in total. The highest BCUT2D eigenvalue weighted by molar-refractivity contribution is 5.85. The van der Waals surface area contributed by atoms with Crippen molar-refractivity contribution in [3.05, 3.63) is 58.8 Å². The van der Waals surface area contributed by atoms with Crippen LogP contribution in [0.1, 0.15) is 1.43 Å². The third-order valence-corrected chi connectivity index (χ3v) is 2.85. The van der Waals surface area contributed by atoms with Crippen molar-refractivity contribution >= 4 is 11.0 Å². The molecule has 1 heterocycles. The Morgan fingerprint density at radius 3 is 2.47 bits per heavy atom. The van der Waals surface area contributed by atoms with E-state index in [-0.39, 0.29) is 29.3 Å². The minimum Gasteiger partial charge on any atom is -0.508 e.